The normalized spacial score (nSPS) is 14.4. The molecule has 53 heavy (non-hydrogen) atoms. The average molecular weight is 687 g/mol. The molecule has 0 radical (unpaired) electrons. The summed E-state index contributed by atoms with van der Waals surface area (Å²) in [5.74, 6) is 0. The Morgan fingerprint density at radius 3 is 2.13 bits per heavy atom. The minimum Gasteiger partial charge on any atom is -0.394 e. The summed E-state index contributed by atoms with van der Waals surface area (Å²) >= 11 is 0. The Kier molecular flexibility index (Phi) is 12.8. The van der Waals surface area contributed by atoms with Gasteiger partial charge < -0.3 is 5.32 Å². The summed E-state index contributed by atoms with van der Waals surface area (Å²) < 4.78 is 0. The van der Waals surface area contributed by atoms with Gasteiger partial charge in [0, 0.05) is 19.4 Å². The van der Waals surface area contributed by atoms with Gasteiger partial charge in [-0.25, -0.2) is 0 Å². The van der Waals surface area contributed by atoms with Crippen LogP contribution in [0.4, 0.5) is 0 Å². The highest BCUT2D eigenvalue weighted by Crippen LogP contribution is 2.34. The third kappa shape index (κ3) is 9.64. The molecule has 5 aromatic rings. The van der Waals surface area contributed by atoms with Crippen LogP contribution in [-0.2, 0) is 6.42 Å². The molecule has 1 heterocycles. The van der Waals surface area contributed by atoms with Crippen molar-refractivity contribution in [1.29, 1.82) is 0 Å². The summed E-state index contributed by atoms with van der Waals surface area (Å²) in [6.45, 7) is 5.93. The Morgan fingerprint density at radius 2 is 1.43 bits per heavy atom. The Bertz CT molecular complexity index is 2230. The van der Waals surface area contributed by atoms with Gasteiger partial charge in [0.1, 0.15) is 0 Å². The topological polar surface area (TPSA) is 24.9 Å². The van der Waals surface area contributed by atoms with Gasteiger partial charge in [-0.15, -0.1) is 0 Å². The molecule has 0 bridgehead atoms. The third-order valence-electron chi connectivity index (χ3n) is 9.24. The van der Waals surface area contributed by atoms with Crippen LogP contribution in [0.25, 0.3) is 40.0 Å². The number of rotatable bonds is 13. The van der Waals surface area contributed by atoms with Gasteiger partial charge in [-0.2, -0.15) is 0 Å². The van der Waals surface area contributed by atoms with Crippen LogP contribution in [-0.4, -0.2) is 12.0 Å². The van der Waals surface area contributed by atoms with E-state index in [1.807, 2.05) is 56.8 Å². The highest BCUT2D eigenvalue weighted by atomic mass is 14.8. The number of pyridine rings is 1. The predicted octanol–water partition coefficient (Wildman–Crippen LogP) is 12.7. The molecule has 0 atom stereocenters. The second kappa shape index (κ2) is 18.6. The van der Waals surface area contributed by atoms with Gasteiger partial charge in [0.25, 0.3) is 0 Å². The van der Waals surface area contributed by atoms with Crippen molar-refractivity contribution >= 4 is 28.9 Å². The highest BCUT2D eigenvalue weighted by molar-refractivity contribution is 5.89. The summed E-state index contributed by atoms with van der Waals surface area (Å²) in [6, 6.07) is 39.3. The number of nitrogens with one attached hydrogen (secondary N) is 1. The largest absolute Gasteiger partial charge is 0.394 e. The Morgan fingerprint density at radius 1 is 0.736 bits per heavy atom. The minimum absolute atomic E-state index is 0.810. The highest BCUT2D eigenvalue weighted by Gasteiger charge is 2.14. The first kappa shape index (κ1) is 36.3. The third-order valence-corrected chi connectivity index (χ3v) is 9.24. The maximum Gasteiger partial charge on any atom is 0.0273 e. The number of hydrogen-bond donors (Lipinski definition) is 1. The van der Waals surface area contributed by atoms with Crippen LogP contribution in [0.3, 0.4) is 0 Å². The maximum absolute atomic E-state index is 4.16. The lowest BCUT2D eigenvalue weighted by Crippen LogP contribution is -1.98. The fourth-order valence-electron chi connectivity index (χ4n) is 6.50. The van der Waals surface area contributed by atoms with Crippen molar-refractivity contribution in [2.75, 3.05) is 7.05 Å². The van der Waals surface area contributed by atoms with Crippen LogP contribution in [0, 0.1) is 0 Å². The van der Waals surface area contributed by atoms with E-state index in [1.165, 1.54) is 55.7 Å². The smallest absolute Gasteiger partial charge is 0.0273 e. The van der Waals surface area contributed by atoms with Crippen LogP contribution in [0.1, 0.15) is 52.3 Å². The molecule has 2 heteroatoms. The van der Waals surface area contributed by atoms with Crippen LogP contribution in [0.2, 0.25) is 0 Å². The molecule has 6 rings (SSSR count). The Balaban J connectivity index is 1.35. The molecular weight excluding hydrogens is 641 g/mol. The van der Waals surface area contributed by atoms with Gasteiger partial charge in [0.15, 0.2) is 0 Å². The molecule has 4 aromatic carbocycles. The molecule has 1 N–H and O–H groups in total. The molecule has 0 fully saturated rings. The van der Waals surface area contributed by atoms with Crippen molar-refractivity contribution in [3.8, 4) is 11.1 Å². The first-order valence-corrected chi connectivity index (χ1v) is 18.2. The van der Waals surface area contributed by atoms with Crippen LogP contribution in [0.15, 0.2) is 201 Å². The molecule has 1 aromatic heterocycles. The van der Waals surface area contributed by atoms with Gasteiger partial charge in [-0.1, -0.05) is 170 Å². The summed E-state index contributed by atoms with van der Waals surface area (Å²) in [5, 5.41) is 3.15. The first-order valence-electron chi connectivity index (χ1n) is 18.2. The molecule has 260 valence electrons. The maximum atomic E-state index is 4.16. The second-order valence-corrected chi connectivity index (χ2v) is 12.8. The molecule has 1 aliphatic rings. The molecule has 2 nitrogen and oxygen atoms in total. The van der Waals surface area contributed by atoms with E-state index in [-0.39, 0.29) is 0 Å². The van der Waals surface area contributed by atoms with Crippen molar-refractivity contribution in [3.05, 3.63) is 240 Å². The zero-order chi connectivity index (χ0) is 36.7. The number of hydrogen-bond acceptors (Lipinski definition) is 2. The van der Waals surface area contributed by atoms with Gasteiger partial charge in [-0.05, 0) is 117 Å². The van der Waals surface area contributed by atoms with Gasteiger partial charge in [-0.3, -0.25) is 4.98 Å². The van der Waals surface area contributed by atoms with Crippen LogP contribution >= 0.6 is 0 Å². The molecule has 0 saturated heterocycles. The van der Waals surface area contributed by atoms with Crippen LogP contribution < -0.4 is 5.32 Å². The lowest BCUT2D eigenvalue weighted by molar-refractivity contribution is 1.11. The minimum atomic E-state index is 0.810. The van der Waals surface area contributed by atoms with E-state index in [4.69, 9.17) is 0 Å². The molecule has 0 unspecified atom stereocenters. The van der Waals surface area contributed by atoms with Gasteiger partial charge in [0.05, 0.1) is 0 Å². The standard InChI is InChI=1S/C51H46N2/c1-4-11-41(12-5-2)42-23-17-39(18-24-42)19-25-43(26-20-40-21-27-44(28-22-40)46-34-37-53-38-35-46)45-29-31-49(32-30-45)51(48-14-7-6-8-15-48)50-16-10-9-13-47(50)33-36-52-3/h4-14,16-18,20-38,52H,1,15,19H2,2-3H3/b12-5-,26-20-,36-33-,41-11+,43-25+,51-48+. The second-order valence-electron chi connectivity index (χ2n) is 12.8. The SMILES string of the molecule is C=C/C=C(\C=C/C)c1ccc(C/C=C(\C=C/c2ccc(-c3ccncc3)cc2)c2ccc(/C(=C3/C=CC=CC3)c3ccccc3/C=C\NC)cc2)cc1. The molecular formula is C51H46N2. The van der Waals surface area contributed by atoms with Gasteiger partial charge in [0.2, 0.25) is 0 Å². The summed E-state index contributed by atoms with van der Waals surface area (Å²) in [6.07, 6.45) is 33.1. The summed E-state index contributed by atoms with van der Waals surface area (Å²) in [7, 11) is 1.93. The fraction of sp³-hybridized carbons (Fsp3) is 0.0784. The predicted molar refractivity (Wildman–Crippen MR) is 230 cm³/mol. The Labute approximate surface area is 315 Å². The van der Waals surface area contributed by atoms with E-state index >= 15 is 0 Å². The number of aromatic nitrogens is 1. The lowest BCUT2D eigenvalue weighted by Gasteiger charge is -2.17. The van der Waals surface area contributed by atoms with Crippen molar-refractivity contribution in [3.63, 3.8) is 0 Å². The quantitative estimate of drug-likeness (QED) is 0.125. The van der Waals surface area contributed by atoms with Crippen molar-refractivity contribution in [2.24, 2.45) is 0 Å². The monoisotopic (exact) mass is 686 g/mol. The zero-order valence-electron chi connectivity index (χ0n) is 30.6. The van der Waals surface area contributed by atoms with Crippen LogP contribution in [0.5, 0.6) is 0 Å². The van der Waals surface area contributed by atoms with E-state index in [1.54, 1.807) is 0 Å². The summed E-state index contributed by atoms with van der Waals surface area (Å²) in [4.78, 5) is 4.16. The molecule has 0 spiro atoms. The molecule has 0 aliphatic heterocycles. The van der Waals surface area contributed by atoms with Crippen molar-refractivity contribution in [1.82, 2.24) is 10.3 Å². The number of benzene rings is 4. The van der Waals surface area contributed by atoms with Gasteiger partial charge >= 0.3 is 0 Å². The van der Waals surface area contributed by atoms with E-state index < -0.39 is 0 Å². The lowest BCUT2D eigenvalue weighted by atomic mass is 9.87. The summed E-state index contributed by atoms with van der Waals surface area (Å²) in [5.41, 5.74) is 15.6. The van der Waals surface area contributed by atoms with E-state index in [0.717, 1.165) is 29.5 Å². The molecule has 1 aliphatic carbocycles. The first-order chi connectivity index (χ1) is 26.2. The van der Waals surface area contributed by atoms with E-state index in [9.17, 15) is 0 Å². The molecule has 0 saturated carbocycles. The van der Waals surface area contributed by atoms with E-state index in [2.05, 4.69) is 175 Å². The van der Waals surface area contributed by atoms with E-state index in [0.29, 0.717) is 0 Å². The fourth-order valence-corrected chi connectivity index (χ4v) is 6.50. The van der Waals surface area contributed by atoms with Crippen molar-refractivity contribution in [2.45, 2.75) is 19.8 Å². The zero-order valence-corrected chi connectivity index (χ0v) is 30.6. The Hall–Kier alpha value is -6.51. The van der Waals surface area contributed by atoms with Crippen molar-refractivity contribution < 1.29 is 0 Å². The average Bonchev–Trinajstić information content (AvgIpc) is 3.22. The number of allylic oxidation sites excluding steroid dienone is 13. The molecule has 0 amide bonds. The number of nitrogens with zero attached hydrogens (tertiary/aromatic N) is 1.